The molecule has 0 aromatic carbocycles. The molecule has 2 aromatic rings. The number of hydrogen-bond donors (Lipinski definition) is 2. The lowest BCUT2D eigenvalue weighted by molar-refractivity contribution is -0.135. The Morgan fingerprint density at radius 2 is 2.10 bits per heavy atom. The third-order valence-corrected chi connectivity index (χ3v) is 6.65. The maximum absolute atomic E-state index is 12.5. The zero-order valence-corrected chi connectivity index (χ0v) is 17.5. The molecule has 4 rings (SSSR count). The number of hydrogen-bond acceptors (Lipinski definition) is 7. The lowest BCUT2D eigenvalue weighted by Gasteiger charge is -2.32. The van der Waals surface area contributed by atoms with Crippen molar-refractivity contribution in [2.24, 2.45) is 0 Å². The summed E-state index contributed by atoms with van der Waals surface area (Å²) in [5.41, 5.74) is 7.19. The van der Waals surface area contributed by atoms with E-state index in [2.05, 4.69) is 10.3 Å². The van der Waals surface area contributed by atoms with Crippen LogP contribution in [0.4, 0.5) is 5.69 Å². The summed E-state index contributed by atoms with van der Waals surface area (Å²) in [5.74, 6) is -0.403. The third kappa shape index (κ3) is 4.12. The highest BCUT2D eigenvalue weighted by Gasteiger charge is 2.28. The van der Waals surface area contributed by atoms with E-state index < -0.39 is 6.98 Å². The van der Waals surface area contributed by atoms with E-state index in [0.717, 1.165) is 24.2 Å². The summed E-state index contributed by atoms with van der Waals surface area (Å²) >= 11 is 7.60. The minimum Gasteiger partial charge on any atom is -0.466 e. The molecule has 1 aliphatic carbocycles. The Morgan fingerprint density at radius 1 is 1.38 bits per heavy atom. The van der Waals surface area contributed by atoms with E-state index >= 15 is 0 Å². The van der Waals surface area contributed by atoms with Crippen LogP contribution in [0.3, 0.4) is 0 Å². The molecule has 156 valence electrons. The monoisotopic (exact) mass is 440 g/mol. The van der Waals surface area contributed by atoms with Gasteiger partial charge in [0.2, 0.25) is 5.88 Å². The molecular weight excluding hydrogens is 414 g/mol. The molecule has 8 nitrogen and oxygen atoms in total. The number of fused-ring (bicyclic) bond motifs is 1. The predicted molar refractivity (Wildman–Crippen MR) is 114 cm³/mol. The fourth-order valence-corrected chi connectivity index (χ4v) is 4.45. The number of pyridine rings is 1. The number of carbonyl (C=O) groups is 2. The second kappa shape index (κ2) is 7.97. The highest BCUT2D eigenvalue weighted by atomic mass is 35.5. The molecule has 1 saturated carbocycles. The summed E-state index contributed by atoms with van der Waals surface area (Å²) in [4.78, 5) is 33.3. The molecule has 3 N–H and O–H groups in total. The van der Waals surface area contributed by atoms with Gasteiger partial charge in [-0.2, -0.15) is 0 Å². The van der Waals surface area contributed by atoms with Crippen molar-refractivity contribution in [3.63, 3.8) is 0 Å². The molecule has 0 spiro atoms. The van der Waals surface area contributed by atoms with Gasteiger partial charge in [-0.1, -0.05) is 11.6 Å². The molecule has 2 aliphatic rings. The van der Waals surface area contributed by atoms with Crippen LogP contribution in [0.2, 0.25) is 5.02 Å². The number of rotatable bonds is 5. The number of aryl methyl sites for hydroxylation is 1. The molecule has 29 heavy (non-hydrogen) atoms. The number of aromatic nitrogens is 1. The van der Waals surface area contributed by atoms with Gasteiger partial charge in [0.1, 0.15) is 14.7 Å². The van der Waals surface area contributed by atoms with Crippen LogP contribution in [0.1, 0.15) is 32.2 Å². The Labute approximate surface area is 182 Å². The van der Waals surface area contributed by atoms with Gasteiger partial charge in [-0.05, 0) is 32.3 Å². The third-order valence-electron chi connectivity index (χ3n) is 5.11. The van der Waals surface area contributed by atoms with Crippen molar-refractivity contribution < 1.29 is 18.4 Å². The Kier molecular flexibility index (Phi) is 4.58. The van der Waals surface area contributed by atoms with Crippen LogP contribution >= 0.6 is 22.9 Å². The van der Waals surface area contributed by atoms with Crippen molar-refractivity contribution in [3.8, 4) is 5.88 Å². The van der Waals surface area contributed by atoms with Gasteiger partial charge in [0.15, 0.2) is 6.61 Å². The molecule has 0 atom stereocenters. The van der Waals surface area contributed by atoms with Crippen molar-refractivity contribution >= 4 is 50.7 Å². The summed E-state index contributed by atoms with van der Waals surface area (Å²) in [6.07, 6.45) is 1.94. The minimum absolute atomic E-state index is 0.0987. The van der Waals surface area contributed by atoms with Crippen LogP contribution in [-0.2, 0) is 4.79 Å². The first kappa shape index (κ1) is 16.7. The molecule has 2 amide bonds. The average molecular weight is 441 g/mol. The van der Waals surface area contributed by atoms with Crippen LogP contribution in [0.25, 0.3) is 10.2 Å². The minimum atomic E-state index is -2.16. The Balaban J connectivity index is 1.45. The second-order valence-corrected chi connectivity index (χ2v) is 8.66. The maximum atomic E-state index is 12.5. The number of nitrogens with zero attached hydrogens (tertiary/aromatic N) is 3. The van der Waals surface area contributed by atoms with Crippen molar-refractivity contribution in [1.29, 1.82) is 0 Å². The van der Waals surface area contributed by atoms with Gasteiger partial charge in [0.25, 0.3) is 11.8 Å². The molecule has 10 heteroatoms. The molecule has 1 aliphatic heterocycles. The zero-order valence-electron chi connectivity index (χ0n) is 19.0. The molecular formula is C19H24ClN5O3S. The molecule has 0 radical (unpaired) electrons. The first-order valence-corrected chi connectivity index (χ1v) is 10.6. The standard InChI is InChI=1S/C19H24ClN5O3S/c1-10-13-15(21)16(17(27)22-11-3-4-11)29-19(13)23-18(14(10)20)28-9-12(26)25-7-5-24(2)6-8-25/h11H,3-9,21H2,1-2H3,(H,22,27)/i2D3. The van der Waals surface area contributed by atoms with Gasteiger partial charge in [0, 0.05) is 41.7 Å². The summed E-state index contributed by atoms with van der Waals surface area (Å²) in [6.45, 7) is 0.482. The molecule has 2 aromatic heterocycles. The van der Waals surface area contributed by atoms with Crippen molar-refractivity contribution in [2.45, 2.75) is 25.8 Å². The molecule has 0 bridgehead atoms. The fraction of sp³-hybridized carbons (Fsp3) is 0.526. The number of anilines is 1. The number of nitrogens with two attached hydrogens (primary N) is 1. The highest BCUT2D eigenvalue weighted by Crippen LogP contribution is 2.40. The van der Waals surface area contributed by atoms with Crippen molar-refractivity contribution in [1.82, 2.24) is 20.1 Å². The topological polar surface area (TPSA) is 101 Å². The highest BCUT2D eigenvalue weighted by molar-refractivity contribution is 7.21. The van der Waals surface area contributed by atoms with Gasteiger partial charge in [0.05, 0.1) is 5.69 Å². The smallest absolute Gasteiger partial charge is 0.263 e. The molecule has 2 fully saturated rings. The van der Waals surface area contributed by atoms with Gasteiger partial charge in [-0.15, -0.1) is 11.3 Å². The number of thiophene rings is 1. The molecule has 3 heterocycles. The van der Waals surface area contributed by atoms with Crippen LogP contribution in [0.15, 0.2) is 0 Å². The van der Waals surface area contributed by atoms with Crippen LogP contribution in [0.5, 0.6) is 5.88 Å². The number of nitrogens with one attached hydrogen (secondary N) is 1. The van der Waals surface area contributed by atoms with E-state index in [0.29, 0.717) is 39.4 Å². The van der Waals surface area contributed by atoms with Gasteiger partial charge in [-0.3, -0.25) is 9.59 Å². The summed E-state index contributed by atoms with van der Waals surface area (Å²) in [7, 11) is 0. The quantitative estimate of drug-likeness (QED) is 0.736. The Bertz CT molecular complexity index is 1060. The van der Waals surface area contributed by atoms with E-state index in [1.807, 2.05) is 0 Å². The van der Waals surface area contributed by atoms with E-state index in [1.165, 1.54) is 4.90 Å². The number of halogens is 1. The fourth-order valence-electron chi connectivity index (χ4n) is 3.20. The number of nitrogen functional groups attached to an aromatic ring is 1. The van der Waals surface area contributed by atoms with Gasteiger partial charge >= 0.3 is 0 Å². The number of piperazine rings is 1. The number of ether oxygens (including phenoxy) is 1. The van der Waals surface area contributed by atoms with E-state index in [1.54, 1.807) is 11.8 Å². The van der Waals surface area contributed by atoms with Crippen LogP contribution in [-0.4, -0.2) is 72.4 Å². The van der Waals surface area contributed by atoms with Crippen molar-refractivity contribution in [2.75, 3.05) is 45.5 Å². The lowest BCUT2D eigenvalue weighted by Crippen LogP contribution is -2.48. The Morgan fingerprint density at radius 3 is 2.76 bits per heavy atom. The van der Waals surface area contributed by atoms with E-state index in [4.69, 9.17) is 26.2 Å². The van der Waals surface area contributed by atoms with Gasteiger partial charge < -0.3 is 25.6 Å². The second-order valence-electron chi connectivity index (χ2n) is 7.29. The average Bonchev–Trinajstić information content (AvgIpc) is 3.49. The summed E-state index contributed by atoms with van der Waals surface area (Å²) in [5, 5.41) is 3.76. The number of likely N-dealkylation sites (N-methyl/N-ethyl adjacent to an activating group) is 1. The van der Waals surface area contributed by atoms with E-state index in [9.17, 15) is 9.59 Å². The summed E-state index contributed by atoms with van der Waals surface area (Å²) in [6, 6.07) is 0.205. The van der Waals surface area contributed by atoms with Crippen LogP contribution < -0.4 is 15.8 Å². The first-order chi connectivity index (χ1) is 15.1. The molecule has 0 unspecified atom stereocenters. The number of amides is 2. The van der Waals surface area contributed by atoms with Crippen LogP contribution in [0, 0.1) is 6.92 Å². The van der Waals surface area contributed by atoms with E-state index in [-0.39, 0.29) is 48.5 Å². The SMILES string of the molecule is [2H]C([2H])([2H])N1CCN(C(=O)COc2nc3sc(C(=O)NC4CC4)c(N)c3c(C)c2Cl)CC1. The normalized spacial score (nSPS) is 19.5. The van der Waals surface area contributed by atoms with Crippen molar-refractivity contribution in [3.05, 3.63) is 15.5 Å². The zero-order chi connectivity index (χ0) is 23.2. The Hall–Kier alpha value is -2.10. The maximum Gasteiger partial charge on any atom is 0.263 e. The number of carbonyl (C=O) groups excluding carboxylic acids is 2. The first-order valence-electron chi connectivity index (χ1n) is 10.9. The predicted octanol–water partition coefficient (Wildman–Crippen LogP) is 1.89. The van der Waals surface area contributed by atoms with Gasteiger partial charge in [-0.25, -0.2) is 4.98 Å². The largest absolute Gasteiger partial charge is 0.466 e. The summed E-state index contributed by atoms with van der Waals surface area (Å²) < 4.78 is 28.0. The lowest BCUT2D eigenvalue weighted by atomic mass is 10.1. The molecule has 1 saturated heterocycles.